The molecule has 1 saturated carbocycles. The van der Waals surface area contributed by atoms with Gasteiger partial charge in [-0.15, -0.1) is 0 Å². The van der Waals surface area contributed by atoms with Gasteiger partial charge < -0.3 is 5.11 Å². The summed E-state index contributed by atoms with van der Waals surface area (Å²) in [4.78, 5) is 12.6. The van der Waals surface area contributed by atoms with Gasteiger partial charge in [-0.2, -0.15) is 0 Å². The summed E-state index contributed by atoms with van der Waals surface area (Å²) in [5, 5.41) is 10.3. The van der Waals surface area contributed by atoms with Crippen LogP contribution in [0.1, 0.15) is 59.8 Å². The molecule has 3 aliphatic carbocycles. The normalized spacial score (nSPS) is 49.4. The molecule has 0 saturated heterocycles. The standard InChI is InChI=1S/C19H28O2/c1-5-14-12-15(20)18(4)7-6-13(2)19(16(14)18)10-8-17(3,21)9-11-19/h8,10,12-13,16,21H,5-7,9,11H2,1-4H3. The maximum absolute atomic E-state index is 12.6. The first-order chi connectivity index (χ1) is 9.75. The van der Waals surface area contributed by atoms with Crippen molar-refractivity contribution in [2.45, 2.75) is 65.4 Å². The number of carbonyl (C=O) groups is 1. The van der Waals surface area contributed by atoms with Crippen LogP contribution in [-0.2, 0) is 4.79 Å². The van der Waals surface area contributed by atoms with Gasteiger partial charge in [-0.1, -0.05) is 38.5 Å². The van der Waals surface area contributed by atoms with Gasteiger partial charge in [0.2, 0.25) is 0 Å². The van der Waals surface area contributed by atoms with Crippen LogP contribution in [0.3, 0.4) is 0 Å². The lowest BCUT2D eigenvalue weighted by Crippen LogP contribution is -2.51. The molecule has 0 radical (unpaired) electrons. The van der Waals surface area contributed by atoms with Crippen molar-refractivity contribution in [2.75, 3.05) is 0 Å². The molecule has 0 amide bonds. The van der Waals surface area contributed by atoms with Gasteiger partial charge in [-0.3, -0.25) is 4.79 Å². The van der Waals surface area contributed by atoms with Gasteiger partial charge in [0.05, 0.1) is 5.60 Å². The van der Waals surface area contributed by atoms with Gasteiger partial charge >= 0.3 is 0 Å². The number of aliphatic hydroxyl groups is 1. The molecule has 116 valence electrons. The van der Waals surface area contributed by atoms with Crippen molar-refractivity contribution in [1.82, 2.24) is 0 Å². The molecular formula is C19H28O2. The van der Waals surface area contributed by atoms with Crippen molar-refractivity contribution in [3.8, 4) is 0 Å². The van der Waals surface area contributed by atoms with Gasteiger partial charge in [0.1, 0.15) is 0 Å². The third-order valence-corrected chi connectivity index (χ3v) is 6.66. The Hall–Kier alpha value is -0.890. The van der Waals surface area contributed by atoms with E-state index in [9.17, 15) is 9.90 Å². The Morgan fingerprint density at radius 3 is 2.52 bits per heavy atom. The molecular weight excluding hydrogens is 260 g/mol. The van der Waals surface area contributed by atoms with Crippen LogP contribution >= 0.6 is 0 Å². The molecule has 2 nitrogen and oxygen atoms in total. The van der Waals surface area contributed by atoms with Crippen LogP contribution < -0.4 is 0 Å². The Balaban J connectivity index is 2.10. The fourth-order valence-corrected chi connectivity index (χ4v) is 5.17. The van der Waals surface area contributed by atoms with E-state index in [1.807, 2.05) is 19.1 Å². The summed E-state index contributed by atoms with van der Waals surface area (Å²) in [5.74, 6) is 1.24. The lowest BCUT2D eigenvalue weighted by molar-refractivity contribution is -0.131. The number of allylic oxidation sites excluding steroid dienone is 3. The van der Waals surface area contributed by atoms with Gasteiger partial charge in [0, 0.05) is 11.3 Å². The predicted molar refractivity (Wildman–Crippen MR) is 84.8 cm³/mol. The van der Waals surface area contributed by atoms with E-state index < -0.39 is 5.60 Å². The van der Waals surface area contributed by atoms with E-state index in [4.69, 9.17) is 0 Å². The van der Waals surface area contributed by atoms with Crippen molar-refractivity contribution in [1.29, 1.82) is 0 Å². The zero-order valence-corrected chi connectivity index (χ0v) is 13.8. The summed E-state index contributed by atoms with van der Waals surface area (Å²) in [6.45, 7) is 8.56. The molecule has 0 aromatic rings. The third kappa shape index (κ3) is 1.98. The SMILES string of the molecule is CCC1=CC(=O)C2(C)CCC(C)C3(C=CC(C)(O)CC3)C12. The minimum absolute atomic E-state index is 0.0588. The van der Waals surface area contributed by atoms with Gasteiger partial charge in [-0.25, -0.2) is 0 Å². The summed E-state index contributed by atoms with van der Waals surface area (Å²) in [7, 11) is 0. The lowest BCUT2D eigenvalue weighted by atomic mass is 9.48. The molecule has 5 unspecified atom stereocenters. The van der Waals surface area contributed by atoms with Gasteiger partial charge in [0.15, 0.2) is 5.78 Å². The molecule has 0 aliphatic heterocycles. The van der Waals surface area contributed by atoms with Crippen LogP contribution in [0.5, 0.6) is 0 Å². The molecule has 3 aliphatic rings. The maximum atomic E-state index is 12.6. The van der Waals surface area contributed by atoms with Crippen LogP contribution in [-0.4, -0.2) is 16.5 Å². The van der Waals surface area contributed by atoms with E-state index in [1.165, 1.54) is 5.57 Å². The van der Waals surface area contributed by atoms with E-state index in [0.717, 1.165) is 32.1 Å². The maximum Gasteiger partial charge on any atom is 0.162 e. The highest BCUT2D eigenvalue weighted by Gasteiger charge is 2.60. The largest absolute Gasteiger partial charge is 0.386 e. The highest BCUT2D eigenvalue weighted by Crippen LogP contribution is 2.64. The van der Waals surface area contributed by atoms with E-state index >= 15 is 0 Å². The molecule has 5 atom stereocenters. The summed E-state index contributed by atoms with van der Waals surface area (Å²) >= 11 is 0. The summed E-state index contributed by atoms with van der Waals surface area (Å²) in [5.41, 5.74) is 0.492. The zero-order valence-electron chi connectivity index (χ0n) is 13.8. The van der Waals surface area contributed by atoms with Crippen LogP contribution in [0.2, 0.25) is 0 Å². The third-order valence-electron chi connectivity index (χ3n) is 6.66. The first kappa shape index (κ1) is 15.0. The second-order valence-electron chi connectivity index (χ2n) is 8.03. The lowest BCUT2D eigenvalue weighted by Gasteiger charge is -2.55. The number of rotatable bonds is 1. The minimum atomic E-state index is -0.683. The molecule has 3 rings (SSSR count). The van der Waals surface area contributed by atoms with E-state index in [1.54, 1.807) is 0 Å². The second-order valence-corrected chi connectivity index (χ2v) is 8.03. The molecule has 21 heavy (non-hydrogen) atoms. The summed E-state index contributed by atoms with van der Waals surface area (Å²) in [6, 6.07) is 0. The topological polar surface area (TPSA) is 37.3 Å². The minimum Gasteiger partial charge on any atom is -0.386 e. The molecule has 0 aromatic carbocycles. The van der Waals surface area contributed by atoms with Crippen molar-refractivity contribution in [2.24, 2.45) is 22.7 Å². The molecule has 1 fully saturated rings. The quantitative estimate of drug-likeness (QED) is 0.739. The number of carbonyl (C=O) groups excluding carboxylic acids is 1. The van der Waals surface area contributed by atoms with Gasteiger partial charge in [0.25, 0.3) is 0 Å². The Kier molecular flexibility index (Phi) is 3.26. The fraction of sp³-hybridized carbons (Fsp3) is 0.737. The van der Waals surface area contributed by atoms with Crippen molar-refractivity contribution < 1.29 is 9.90 Å². The molecule has 0 aromatic heterocycles. The Morgan fingerprint density at radius 1 is 1.24 bits per heavy atom. The average Bonchev–Trinajstić information content (AvgIpc) is 2.70. The van der Waals surface area contributed by atoms with E-state index in [2.05, 4.69) is 26.8 Å². The average molecular weight is 288 g/mol. The van der Waals surface area contributed by atoms with Crippen LogP contribution in [0.25, 0.3) is 0 Å². The second kappa shape index (κ2) is 4.55. The summed E-state index contributed by atoms with van der Waals surface area (Å²) in [6.07, 6.45) is 11.1. The predicted octanol–water partition coefficient (Wildman–Crippen LogP) is 4.05. The molecule has 1 spiro atoms. The fourth-order valence-electron chi connectivity index (χ4n) is 5.17. The molecule has 0 heterocycles. The first-order valence-electron chi connectivity index (χ1n) is 8.43. The van der Waals surface area contributed by atoms with Crippen LogP contribution in [0.4, 0.5) is 0 Å². The number of ketones is 1. The highest BCUT2D eigenvalue weighted by molar-refractivity contribution is 5.99. The molecule has 1 N–H and O–H groups in total. The Bertz CT molecular complexity index is 528. The van der Waals surface area contributed by atoms with Gasteiger partial charge in [-0.05, 0) is 56.4 Å². The van der Waals surface area contributed by atoms with Crippen molar-refractivity contribution in [3.05, 3.63) is 23.8 Å². The highest BCUT2D eigenvalue weighted by atomic mass is 16.3. The Labute approximate surface area is 128 Å². The number of fused-ring (bicyclic) bond motifs is 2. The number of hydrogen-bond donors (Lipinski definition) is 1. The number of hydrogen-bond acceptors (Lipinski definition) is 2. The van der Waals surface area contributed by atoms with Crippen molar-refractivity contribution in [3.63, 3.8) is 0 Å². The van der Waals surface area contributed by atoms with Crippen molar-refractivity contribution >= 4 is 5.78 Å². The zero-order chi connectivity index (χ0) is 15.5. The first-order valence-corrected chi connectivity index (χ1v) is 8.43. The smallest absolute Gasteiger partial charge is 0.162 e. The Morgan fingerprint density at radius 2 is 1.95 bits per heavy atom. The van der Waals surface area contributed by atoms with Crippen LogP contribution in [0.15, 0.2) is 23.8 Å². The summed E-state index contributed by atoms with van der Waals surface area (Å²) < 4.78 is 0. The van der Waals surface area contributed by atoms with E-state index in [0.29, 0.717) is 17.6 Å². The molecule has 0 bridgehead atoms. The van der Waals surface area contributed by atoms with Crippen LogP contribution in [0, 0.1) is 22.7 Å². The van der Waals surface area contributed by atoms with E-state index in [-0.39, 0.29) is 10.8 Å². The molecule has 2 heteroatoms. The monoisotopic (exact) mass is 288 g/mol.